The predicted octanol–water partition coefficient (Wildman–Crippen LogP) is 4.18. The van der Waals surface area contributed by atoms with Gasteiger partial charge in [-0.1, -0.05) is 31.8 Å². The van der Waals surface area contributed by atoms with Crippen molar-refractivity contribution in [1.82, 2.24) is 5.16 Å². The van der Waals surface area contributed by atoms with Gasteiger partial charge in [-0.3, -0.25) is 10.1 Å². The van der Waals surface area contributed by atoms with E-state index in [1.807, 2.05) is 0 Å². The molecule has 0 radical (unpaired) electrons. The van der Waals surface area contributed by atoms with Gasteiger partial charge in [0.1, 0.15) is 0 Å². The summed E-state index contributed by atoms with van der Waals surface area (Å²) in [4.78, 5) is 12.4. The van der Waals surface area contributed by atoms with Gasteiger partial charge in [0.05, 0.1) is 12.3 Å². The molecule has 1 saturated carbocycles. The molecule has 0 unspecified atom stereocenters. The highest BCUT2D eigenvalue weighted by Crippen LogP contribution is 2.43. The van der Waals surface area contributed by atoms with Crippen molar-refractivity contribution < 1.29 is 27.6 Å². The Balaban J connectivity index is 1.87. The van der Waals surface area contributed by atoms with Crippen molar-refractivity contribution >= 4 is 11.8 Å². The molecule has 1 fully saturated rings. The lowest BCUT2D eigenvalue weighted by molar-refractivity contribution is -0.136. The number of hydrogen-bond acceptors (Lipinski definition) is 4. The molecule has 0 spiro atoms. The van der Waals surface area contributed by atoms with Gasteiger partial charge in [-0.25, -0.2) is 0 Å². The molecular formula is C17H25F3N2O3. The van der Waals surface area contributed by atoms with Crippen LogP contribution < -0.4 is 5.32 Å². The molecule has 1 aliphatic carbocycles. The van der Waals surface area contributed by atoms with Crippen LogP contribution in [-0.2, 0) is 10.2 Å². The molecule has 0 bridgehead atoms. The van der Waals surface area contributed by atoms with E-state index in [4.69, 9.17) is 4.52 Å². The standard InChI is InChI=1S/C17H25F3N2O3/c1-15(2,6-3-4-9-17(18,19)20)14(24)21-13-10-12(22-25-13)16(11-23)7-5-8-16/h10,23H,3-9,11H2,1-2H3,(H,21,24). The first-order valence-electron chi connectivity index (χ1n) is 8.54. The minimum Gasteiger partial charge on any atom is -0.395 e. The summed E-state index contributed by atoms with van der Waals surface area (Å²) in [7, 11) is 0. The molecule has 2 N–H and O–H groups in total. The molecule has 25 heavy (non-hydrogen) atoms. The third-order valence-electron chi connectivity index (χ3n) is 5.03. The summed E-state index contributed by atoms with van der Waals surface area (Å²) in [6, 6.07) is 1.62. The molecule has 0 atom stereocenters. The Hall–Kier alpha value is -1.57. The lowest BCUT2D eigenvalue weighted by atomic mass is 9.67. The van der Waals surface area contributed by atoms with Crippen LogP contribution in [-0.4, -0.2) is 29.0 Å². The Morgan fingerprint density at radius 2 is 1.96 bits per heavy atom. The molecule has 142 valence electrons. The van der Waals surface area contributed by atoms with Gasteiger partial charge in [0, 0.05) is 23.3 Å². The van der Waals surface area contributed by atoms with Crippen LogP contribution in [0.25, 0.3) is 0 Å². The van der Waals surface area contributed by atoms with E-state index < -0.39 is 18.0 Å². The predicted molar refractivity (Wildman–Crippen MR) is 86.1 cm³/mol. The zero-order chi connectivity index (χ0) is 18.7. The SMILES string of the molecule is CC(C)(CCCCC(F)(F)F)C(=O)Nc1cc(C2(CO)CCC2)no1. The van der Waals surface area contributed by atoms with Crippen LogP contribution >= 0.6 is 0 Å². The third kappa shape index (κ3) is 4.96. The zero-order valence-electron chi connectivity index (χ0n) is 14.6. The van der Waals surface area contributed by atoms with E-state index in [1.165, 1.54) is 0 Å². The van der Waals surface area contributed by atoms with Gasteiger partial charge in [0.15, 0.2) is 0 Å². The number of halogens is 3. The highest BCUT2D eigenvalue weighted by Gasteiger charge is 2.41. The summed E-state index contributed by atoms with van der Waals surface area (Å²) in [5.74, 6) is -0.128. The number of anilines is 1. The van der Waals surface area contributed by atoms with Gasteiger partial charge in [-0.2, -0.15) is 13.2 Å². The number of nitrogens with one attached hydrogen (secondary N) is 1. The largest absolute Gasteiger partial charge is 0.395 e. The first-order valence-corrected chi connectivity index (χ1v) is 8.54. The number of aliphatic hydroxyl groups excluding tert-OH is 1. The number of unbranched alkanes of at least 4 members (excludes halogenated alkanes) is 1. The normalized spacial score (nSPS) is 17.2. The monoisotopic (exact) mass is 362 g/mol. The van der Waals surface area contributed by atoms with Crippen LogP contribution in [0.4, 0.5) is 19.1 Å². The highest BCUT2D eigenvalue weighted by atomic mass is 19.4. The van der Waals surface area contributed by atoms with E-state index in [1.54, 1.807) is 19.9 Å². The molecule has 1 aliphatic rings. The fourth-order valence-corrected chi connectivity index (χ4v) is 2.97. The van der Waals surface area contributed by atoms with Crippen molar-refractivity contribution in [1.29, 1.82) is 0 Å². The van der Waals surface area contributed by atoms with E-state index in [0.717, 1.165) is 19.3 Å². The van der Waals surface area contributed by atoms with E-state index in [2.05, 4.69) is 10.5 Å². The van der Waals surface area contributed by atoms with Crippen LogP contribution in [0.1, 0.15) is 64.5 Å². The lowest BCUT2D eigenvalue weighted by Crippen LogP contribution is -2.38. The lowest BCUT2D eigenvalue weighted by Gasteiger charge is -2.38. The number of nitrogens with zero attached hydrogens (tertiary/aromatic N) is 1. The molecule has 1 amide bonds. The Labute approximate surface area is 145 Å². The quantitative estimate of drug-likeness (QED) is 0.681. The van der Waals surface area contributed by atoms with Crippen molar-refractivity contribution in [3.8, 4) is 0 Å². The van der Waals surface area contributed by atoms with Crippen LogP contribution in [0.3, 0.4) is 0 Å². The summed E-state index contributed by atoms with van der Waals surface area (Å²) < 4.78 is 41.6. The van der Waals surface area contributed by atoms with Crippen LogP contribution in [0, 0.1) is 5.41 Å². The molecule has 0 aliphatic heterocycles. The molecule has 1 aromatic rings. The van der Waals surface area contributed by atoms with Gasteiger partial charge in [-0.05, 0) is 25.7 Å². The summed E-state index contributed by atoms with van der Waals surface area (Å²) >= 11 is 0. The Morgan fingerprint density at radius 3 is 2.48 bits per heavy atom. The number of carbonyl (C=O) groups excluding carboxylic acids is 1. The van der Waals surface area contributed by atoms with Gasteiger partial charge in [-0.15, -0.1) is 0 Å². The number of aromatic nitrogens is 1. The molecule has 8 heteroatoms. The Bertz CT molecular complexity index is 587. The topological polar surface area (TPSA) is 75.4 Å². The van der Waals surface area contributed by atoms with E-state index in [0.29, 0.717) is 18.5 Å². The molecule has 0 saturated heterocycles. The second kappa shape index (κ2) is 7.35. The molecule has 5 nitrogen and oxygen atoms in total. The minimum atomic E-state index is -4.16. The fourth-order valence-electron chi connectivity index (χ4n) is 2.97. The fraction of sp³-hybridized carbons (Fsp3) is 0.765. The van der Waals surface area contributed by atoms with Crippen LogP contribution in [0.15, 0.2) is 10.6 Å². The highest BCUT2D eigenvalue weighted by molar-refractivity contribution is 5.93. The zero-order valence-corrected chi connectivity index (χ0v) is 14.6. The van der Waals surface area contributed by atoms with Gasteiger partial charge in [0.2, 0.25) is 11.8 Å². The number of alkyl halides is 3. The van der Waals surface area contributed by atoms with Gasteiger partial charge >= 0.3 is 6.18 Å². The number of rotatable bonds is 8. The summed E-state index contributed by atoms with van der Waals surface area (Å²) in [5, 5.41) is 16.1. The molecule has 2 rings (SSSR count). The minimum absolute atomic E-state index is 0.00564. The summed E-state index contributed by atoms with van der Waals surface area (Å²) in [6.45, 7) is 3.36. The van der Waals surface area contributed by atoms with Crippen molar-refractivity contribution in [2.24, 2.45) is 5.41 Å². The second-order valence-corrected chi connectivity index (χ2v) is 7.53. The molecule has 1 heterocycles. The first-order chi connectivity index (χ1) is 11.6. The van der Waals surface area contributed by atoms with Crippen molar-refractivity contribution in [3.63, 3.8) is 0 Å². The number of carbonyl (C=O) groups is 1. The second-order valence-electron chi connectivity index (χ2n) is 7.53. The third-order valence-corrected chi connectivity index (χ3v) is 5.03. The van der Waals surface area contributed by atoms with E-state index >= 15 is 0 Å². The van der Waals surface area contributed by atoms with E-state index in [9.17, 15) is 23.1 Å². The van der Waals surface area contributed by atoms with Gasteiger partial charge < -0.3 is 9.63 Å². The Morgan fingerprint density at radius 1 is 1.32 bits per heavy atom. The average Bonchev–Trinajstić information content (AvgIpc) is 2.91. The first kappa shape index (κ1) is 19.8. The van der Waals surface area contributed by atoms with Crippen LogP contribution in [0.5, 0.6) is 0 Å². The van der Waals surface area contributed by atoms with E-state index in [-0.39, 0.29) is 30.2 Å². The number of hydrogen-bond donors (Lipinski definition) is 2. The van der Waals surface area contributed by atoms with Crippen molar-refractivity contribution in [2.75, 3.05) is 11.9 Å². The maximum Gasteiger partial charge on any atom is 0.389 e. The molecule has 0 aromatic carbocycles. The molecule has 1 aromatic heterocycles. The smallest absolute Gasteiger partial charge is 0.389 e. The number of amides is 1. The maximum absolute atomic E-state index is 12.4. The Kier molecular flexibility index (Phi) is 5.81. The molecular weight excluding hydrogens is 337 g/mol. The summed E-state index contributed by atoms with van der Waals surface area (Å²) in [6.07, 6.45) is -1.66. The van der Waals surface area contributed by atoms with Crippen molar-refractivity contribution in [3.05, 3.63) is 11.8 Å². The summed E-state index contributed by atoms with van der Waals surface area (Å²) in [5.41, 5.74) is -0.567. The number of aliphatic hydroxyl groups is 1. The average molecular weight is 362 g/mol. The van der Waals surface area contributed by atoms with Crippen LogP contribution in [0.2, 0.25) is 0 Å². The maximum atomic E-state index is 12.4. The van der Waals surface area contributed by atoms with Gasteiger partial charge in [0.25, 0.3) is 0 Å². The van der Waals surface area contributed by atoms with Crippen molar-refractivity contribution in [2.45, 2.75) is 70.4 Å².